The molecule has 0 saturated heterocycles. The monoisotopic (exact) mass is 820 g/mol. The normalized spacial score (nSPS) is 12.4. The van der Waals surface area contributed by atoms with Crippen molar-refractivity contribution in [3.63, 3.8) is 0 Å². The van der Waals surface area contributed by atoms with Gasteiger partial charge < -0.3 is 0 Å². The van der Waals surface area contributed by atoms with Crippen LogP contribution in [0.15, 0.2) is 231 Å². The third-order valence-corrected chi connectivity index (χ3v) is 16.1. The zero-order chi connectivity index (χ0) is 42.3. The summed E-state index contributed by atoms with van der Waals surface area (Å²) >= 11 is 0. The lowest BCUT2D eigenvalue weighted by Crippen LogP contribution is -2.50. The van der Waals surface area contributed by atoms with Crippen LogP contribution in [0.5, 0.6) is 0 Å². The van der Waals surface area contributed by atoms with Crippen molar-refractivity contribution in [2.24, 2.45) is 0 Å². The molecular formula is C60H44N2Si. The van der Waals surface area contributed by atoms with Crippen molar-refractivity contribution < 1.29 is 0 Å². The van der Waals surface area contributed by atoms with Crippen LogP contribution in [0.2, 0.25) is 13.1 Å². The Hall–Kier alpha value is -7.72. The van der Waals surface area contributed by atoms with Crippen LogP contribution in [0.1, 0.15) is 0 Å². The maximum atomic E-state index is 5.56. The molecule has 0 spiro atoms. The third-order valence-electron chi connectivity index (χ3n) is 12.6. The standard InChI is InChI=1S/C60H44N2Si/c1-63(2)56-33-13-12-32-55(56)58-59(63)57(50-30-16-26-46(36-50)43-22-10-5-11-23-43)61-60(62-58)51-31-17-29-49(37-51)54-39-52(47-27-14-24-44(34-47)41-18-6-3-7-19-41)38-53(40-54)48-28-15-25-45(35-48)42-20-8-4-9-21-42/h3-40H,1-2H3. The first-order valence-corrected chi connectivity index (χ1v) is 24.7. The SMILES string of the molecule is C[Si]1(C)c2ccccc2-c2nc(-c3cccc(-c4cc(-c5cccc(-c6ccccc6)c5)cc(-c5cccc(-c6ccccc6)c5)c4)c3)nc(-c3cccc(-c4ccccc4)c3)c21. The summed E-state index contributed by atoms with van der Waals surface area (Å²) in [5.74, 6) is 0.736. The Kier molecular flexibility index (Phi) is 9.68. The molecule has 0 saturated carbocycles. The number of hydrogen-bond acceptors (Lipinski definition) is 2. The summed E-state index contributed by atoms with van der Waals surface area (Å²) in [4.78, 5) is 11.1. The van der Waals surface area contributed by atoms with Crippen molar-refractivity contribution in [3.8, 4) is 101 Å². The number of fused-ring (bicyclic) bond motifs is 3. The minimum absolute atomic E-state index is 0.736. The Morgan fingerprint density at radius 3 is 1.06 bits per heavy atom. The molecule has 0 aliphatic carbocycles. The van der Waals surface area contributed by atoms with Gasteiger partial charge >= 0.3 is 0 Å². The van der Waals surface area contributed by atoms with E-state index in [4.69, 9.17) is 9.97 Å². The van der Waals surface area contributed by atoms with Crippen molar-refractivity contribution in [1.82, 2.24) is 9.97 Å². The lowest BCUT2D eigenvalue weighted by molar-refractivity contribution is 1.20. The van der Waals surface area contributed by atoms with Crippen molar-refractivity contribution in [2.75, 3.05) is 0 Å². The summed E-state index contributed by atoms with van der Waals surface area (Å²) in [6.07, 6.45) is 0. The molecule has 9 aromatic carbocycles. The van der Waals surface area contributed by atoms with Crippen LogP contribution >= 0.6 is 0 Å². The highest BCUT2D eigenvalue weighted by atomic mass is 28.3. The largest absolute Gasteiger partial charge is 0.228 e. The maximum Gasteiger partial charge on any atom is 0.160 e. The van der Waals surface area contributed by atoms with Crippen LogP contribution in [0.4, 0.5) is 0 Å². The van der Waals surface area contributed by atoms with Gasteiger partial charge in [-0.05, 0) is 125 Å². The molecule has 11 rings (SSSR count). The predicted molar refractivity (Wildman–Crippen MR) is 268 cm³/mol. The minimum Gasteiger partial charge on any atom is -0.228 e. The van der Waals surface area contributed by atoms with E-state index in [-0.39, 0.29) is 0 Å². The molecular weight excluding hydrogens is 777 g/mol. The fourth-order valence-corrected chi connectivity index (χ4v) is 12.6. The summed E-state index contributed by atoms with van der Waals surface area (Å²) in [5, 5.41) is 2.72. The highest BCUT2D eigenvalue weighted by molar-refractivity contribution is 7.04. The predicted octanol–water partition coefficient (Wildman–Crippen LogP) is 14.6. The summed E-state index contributed by atoms with van der Waals surface area (Å²) < 4.78 is 0. The number of hydrogen-bond donors (Lipinski definition) is 0. The second kappa shape index (κ2) is 16.0. The molecule has 298 valence electrons. The summed E-state index contributed by atoms with van der Waals surface area (Å²) in [5.41, 5.74) is 19.5. The molecule has 0 unspecified atom stereocenters. The van der Waals surface area contributed by atoms with Gasteiger partial charge in [-0.1, -0.05) is 201 Å². The smallest absolute Gasteiger partial charge is 0.160 e. The van der Waals surface area contributed by atoms with Crippen molar-refractivity contribution >= 4 is 18.4 Å². The average molecular weight is 821 g/mol. The Morgan fingerprint density at radius 1 is 0.270 bits per heavy atom. The fraction of sp³-hybridized carbons (Fsp3) is 0.0333. The van der Waals surface area contributed by atoms with Gasteiger partial charge in [0.05, 0.1) is 11.4 Å². The summed E-state index contributed by atoms with van der Waals surface area (Å²) in [7, 11) is -2.15. The highest BCUT2D eigenvalue weighted by Crippen LogP contribution is 2.39. The van der Waals surface area contributed by atoms with Gasteiger partial charge in [0, 0.05) is 11.1 Å². The Balaban J connectivity index is 1.07. The Labute approximate surface area is 370 Å². The van der Waals surface area contributed by atoms with Gasteiger partial charge in [0.2, 0.25) is 0 Å². The molecule has 0 atom stereocenters. The second-order valence-electron chi connectivity index (χ2n) is 17.0. The van der Waals surface area contributed by atoms with Crippen molar-refractivity contribution in [2.45, 2.75) is 13.1 Å². The number of aromatic nitrogens is 2. The van der Waals surface area contributed by atoms with Gasteiger partial charge in [0.1, 0.15) is 8.07 Å². The van der Waals surface area contributed by atoms with E-state index in [0.29, 0.717) is 0 Å². The van der Waals surface area contributed by atoms with Gasteiger partial charge in [-0.3, -0.25) is 0 Å². The van der Waals surface area contributed by atoms with Crippen molar-refractivity contribution in [3.05, 3.63) is 231 Å². The molecule has 0 fully saturated rings. The van der Waals surface area contributed by atoms with Crippen LogP contribution in [-0.4, -0.2) is 18.0 Å². The van der Waals surface area contributed by atoms with Crippen LogP contribution < -0.4 is 10.4 Å². The quantitative estimate of drug-likeness (QED) is 0.143. The van der Waals surface area contributed by atoms with E-state index in [1.165, 1.54) is 60.4 Å². The van der Waals surface area contributed by atoms with Gasteiger partial charge in [-0.25, -0.2) is 9.97 Å². The van der Waals surface area contributed by atoms with Gasteiger partial charge in [0.25, 0.3) is 0 Å². The van der Waals surface area contributed by atoms with E-state index < -0.39 is 8.07 Å². The molecule has 1 aliphatic rings. The molecule has 2 heterocycles. The minimum atomic E-state index is -2.15. The van der Waals surface area contributed by atoms with Crippen LogP contribution in [0.3, 0.4) is 0 Å². The Morgan fingerprint density at radius 2 is 0.587 bits per heavy atom. The van der Waals surface area contributed by atoms with Crippen molar-refractivity contribution in [1.29, 1.82) is 0 Å². The van der Waals surface area contributed by atoms with E-state index in [1.54, 1.807) is 0 Å². The van der Waals surface area contributed by atoms with E-state index in [0.717, 1.165) is 50.6 Å². The van der Waals surface area contributed by atoms with Crippen LogP contribution in [0.25, 0.3) is 101 Å². The molecule has 0 radical (unpaired) electrons. The summed E-state index contributed by atoms with van der Waals surface area (Å²) in [6.45, 7) is 4.89. The number of benzene rings is 9. The van der Waals surface area contributed by atoms with E-state index in [1.807, 2.05) is 0 Å². The molecule has 0 N–H and O–H groups in total. The highest BCUT2D eigenvalue weighted by Gasteiger charge is 2.41. The first kappa shape index (κ1) is 38.2. The van der Waals surface area contributed by atoms with Crippen LogP contribution in [0, 0.1) is 0 Å². The first-order valence-electron chi connectivity index (χ1n) is 21.7. The lowest BCUT2D eigenvalue weighted by atomic mass is 9.91. The van der Waals surface area contributed by atoms with Crippen LogP contribution in [-0.2, 0) is 0 Å². The first-order chi connectivity index (χ1) is 31.0. The molecule has 63 heavy (non-hydrogen) atoms. The molecule has 1 aromatic heterocycles. The topological polar surface area (TPSA) is 25.8 Å². The molecule has 3 heteroatoms. The second-order valence-corrected chi connectivity index (χ2v) is 21.3. The molecule has 0 amide bonds. The van der Waals surface area contributed by atoms with Gasteiger partial charge in [0.15, 0.2) is 5.82 Å². The summed E-state index contributed by atoms with van der Waals surface area (Å²) in [6, 6.07) is 83.2. The molecule has 2 nitrogen and oxygen atoms in total. The average Bonchev–Trinajstić information content (AvgIpc) is 3.60. The number of rotatable bonds is 8. The lowest BCUT2D eigenvalue weighted by Gasteiger charge is -2.22. The molecule has 1 aliphatic heterocycles. The Bertz CT molecular complexity index is 3200. The van der Waals surface area contributed by atoms with E-state index >= 15 is 0 Å². The number of nitrogens with zero attached hydrogens (tertiary/aromatic N) is 2. The maximum absolute atomic E-state index is 5.56. The molecule has 10 aromatic rings. The third kappa shape index (κ3) is 7.23. The fourth-order valence-electron chi connectivity index (χ4n) is 9.41. The molecule has 0 bridgehead atoms. The van der Waals surface area contributed by atoms with E-state index in [2.05, 4.69) is 244 Å². The van der Waals surface area contributed by atoms with Gasteiger partial charge in [-0.2, -0.15) is 0 Å². The van der Waals surface area contributed by atoms with E-state index in [9.17, 15) is 0 Å². The van der Waals surface area contributed by atoms with Gasteiger partial charge in [-0.15, -0.1) is 0 Å². The zero-order valence-corrected chi connectivity index (χ0v) is 36.3. The zero-order valence-electron chi connectivity index (χ0n) is 35.3.